The van der Waals surface area contributed by atoms with Crippen LogP contribution in [0, 0.1) is 18.8 Å². The van der Waals surface area contributed by atoms with E-state index in [0.29, 0.717) is 11.3 Å². The van der Waals surface area contributed by atoms with Crippen LogP contribution in [-0.2, 0) is 14.3 Å². The van der Waals surface area contributed by atoms with E-state index in [1.807, 2.05) is 13.0 Å². The zero-order valence-electron chi connectivity index (χ0n) is 18.0. The molecule has 4 N–H and O–H groups in total. The molecule has 2 aromatic rings. The maximum atomic E-state index is 12.7. The van der Waals surface area contributed by atoms with Crippen molar-refractivity contribution in [2.75, 3.05) is 5.32 Å². The van der Waals surface area contributed by atoms with Gasteiger partial charge in [-0.15, -0.1) is 0 Å². The molecule has 2 aliphatic heterocycles. The number of aliphatic carboxylic acids is 1. The minimum Gasteiger partial charge on any atom is -0.481 e. The summed E-state index contributed by atoms with van der Waals surface area (Å²) in [5.74, 6) is -4.66. The van der Waals surface area contributed by atoms with Crippen LogP contribution in [0.2, 0.25) is 0 Å². The van der Waals surface area contributed by atoms with Gasteiger partial charge in [-0.25, -0.2) is 0 Å². The fourth-order valence-electron chi connectivity index (χ4n) is 4.24. The molecule has 4 atom stereocenters. The standard InChI is InChI=1S/C24H23N3O6/c1-13-4-3-5-15(12-13)20(28)25-16-8-6-14(7-9-16)21(29)26-27-22(30)19-18(23(31)32)17-10-11-24(19,2)33-17/h3-12,17-19H,1-2H3,(H,25,28)(H,26,29)(H,27,30)(H,31,32)/t17-,18-,19-,24-/m1/s1. The number of hydrazine groups is 1. The van der Waals surface area contributed by atoms with E-state index in [-0.39, 0.29) is 11.5 Å². The Kier molecular flexibility index (Phi) is 5.73. The number of carboxylic acids is 1. The highest BCUT2D eigenvalue weighted by Gasteiger charge is 2.59. The number of hydrogen-bond acceptors (Lipinski definition) is 5. The lowest BCUT2D eigenvalue weighted by Gasteiger charge is -2.27. The molecule has 4 rings (SSSR count). The Balaban J connectivity index is 1.35. The van der Waals surface area contributed by atoms with Crippen LogP contribution in [0.5, 0.6) is 0 Å². The van der Waals surface area contributed by atoms with Gasteiger partial charge >= 0.3 is 5.97 Å². The Bertz CT molecular complexity index is 1160. The van der Waals surface area contributed by atoms with Crippen molar-refractivity contribution in [1.82, 2.24) is 10.9 Å². The first-order valence-corrected chi connectivity index (χ1v) is 10.4. The normalized spacial score (nSPS) is 24.8. The number of fused-ring (bicyclic) bond motifs is 2. The molecule has 9 nitrogen and oxygen atoms in total. The van der Waals surface area contributed by atoms with Crippen LogP contribution in [0.4, 0.5) is 5.69 Å². The highest BCUT2D eigenvalue weighted by molar-refractivity contribution is 6.04. The maximum absolute atomic E-state index is 12.7. The average molecular weight is 449 g/mol. The van der Waals surface area contributed by atoms with Gasteiger partial charge < -0.3 is 15.2 Å². The van der Waals surface area contributed by atoms with Gasteiger partial charge in [0.2, 0.25) is 5.91 Å². The Hall–Kier alpha value is -3.98. The number of carbonyl (C=O) groups excluding carboxylic acids is 3. The van der Waals surface area contributed by atoms with E-state index >= 15 is 0 Å². The van der Waals surface area contributed by atoms with Crippen molar-refractivity contribution < 1.29 is 29.0 Å². The molecule has 2 bridgehead atoms. The van der Waals surface area contributed by atoms with Crippen molar-refractivity contribution in [1.29, 1.82) is 0 Å². The van der Waals surface area contributed by atoms with E-state index < -0.39 is 41.3 Å². The molecule has 170 valence electrons. The van der Waals surface area contributed by atoms with Gasteiger partial charge in [-0.05, 0) is 50.2 Å². The molecule has 33 heavy (non-hydrogen) atoms. The fourth-order valence-corrected chi connectivity index (χ4v) is 4.24. The summed E-state index contributed by atoms with van der Waals surface area (Å²) in [6, 6.07) is 13.3. The molecule has 2 aliphatic rings. The number of benzene rings is 2. The average Bonchev–Trinajstić information content (AvgIpc) is 3.31. The molecule has 0 aliphatic carbocycles. The minimum absolute atomic E-state index is 0.244. The number of amides is 3. The Morgan fingerprint density at radius 2 is 1.70 bits per heavy atom. The minimum atomic E-state index is -1.14. The van der Waals surface area contributed by atoms with Crippen LogP contribution in [0.15, 0.2) is 60.7 Å². The van der Waals surface area contributed by atoms with Crippen molar-refractivity contribution in [2.45, 2.75) is 25.6 Å². The second-order valence-corrected chi connectivity index (χ2v) is 8.31. The lowest BCUT2D eigenvalue weighted by molar-refractivity contribution is -0.147. The third-order valence-electron chi connectivity index (χ3n) is 5.89. The van der Waals surface area contributed by atoms with Gasteiger partial charge in [0.15, 0.2) is 0 Å². The van der Waals surface area contributed by atoms with Gasteiger partial charge in [0, 0.05) is 16.8 Å². The summed E-state index contributed by atoms with van der Waals surface area (Å²) < 4.78 is 5.64. The van der Waals surface area contributed by atoms with E-state index in [2.05, 4.69) is 16.2 Å². The van der Waals surface area contributed by atoms with Crippen LogP contribution in [-0.4, -0.2) is 40.5 Å². The first-order valence-electron chi connectivity index (χ1n) is 10.4. The molecule has 0 unspecified atom stereocenters. The summed E-state index contributed by atoms with van der Waals surface area (Å²) in [4.78, 5) is 49.1. The summed E-state index contributed by atoms with van der Waals surface area (Å²) in [5, 5.41) is 12.2. The summed E-state index contributed by atoms with van der Waals surface area (Å²) in [5.41, 5.74) is 5.81. The molecule has 0 saturated carbocycles. The monoisotopic (exact) mass is 449 g/mol. The van der Waals surface area contributed by atoms with Crippen LogP contribution in [0.25, 0.3) is 0 Å². The van der Waals surface area contributed by atoms with Crippen molar-refractivity contribution in [3.05, 3.63) is 77.4 Å². The van der Waals surface area contributed by atoms with Crippen LogP contribution in [0.1, 0.15) is 33.2 Å². The number of ether oxygens (including phenoxy) is 1. The van der Waals surface area contributed by atoms with Crippen LogP contribution in [0.3, 0.4) is 0 Å². The molecule has 0 spiro atoms. The van der Waals surface area contributed by atoms with E-state index in [0.717, 1.165) is 5.56 Å². The fraction of sp³-hybridized carbons (Fsp3) is 0.250. The number of aryl methyl sites for hydroxylation is 1. The predicted molar refractivity (Wildman–Crippen MR) is 118 cm³/mol. The van der Waals surface area contributed by atoms with E-state index in [9.17, 15) is 24.3 Å². The summed E-state index contributed by atoms with van der Waals surface area (Å²) in [7, 11) is 0. The highest BCUT2D eigenvalue weighted by Crippen LogP contribution is 2.46. The molecule has 0 aromatic heterocycles. The largest absolute Gasteiger partial charge is 0.481 e. The summed E-state index contributed by atoms with van der Waals surface area (Å²) in [6.45, 7) is 3.54. The third kappa shape index (κ3) is 4.35. The zero-order valence-corrected chi connectivity index (χ0v) is 18.0. The summed E-state index contributed by atoms with van der Waals surface area (Å²) >= 11 is 0. The van der Waals surface area contributed by atoms with Crippen LogP contribution < -0.4 is 16.2 Å². The Morgan fingerprint density at radius 1 is 0.970 bits per heavy atom. The molecular weight excluding hydrogens is 426 g/mol. The molecule has 0 radical (unpaired) electrons. The molecule has 3 amide bonds. The van der Waals surface area contributed by atoms with Gasteiger partial charge in [-0.2, -0.15) is 0 Å². The van der Waals surface area contributed by atoms with Crippen molar-refractivity contribution >= 4 is 29.4 Å². The second kappa shape index (κ2) is 8.51. The Labute approximate surface area is 189 Å². The number of nitrogens with one attached hydrogen (secondary N) is 3. The molecule has 1 saturated heterocycles. The lowest BCUT2D eigenvalue weighted by Crippen LogP contribution is -2.52. The molecule has 1 fully saturated rings. The molecular formula is C24H23N3O6. The molecule has 9 heteroatoms. The maximum Gasteiger partial charge on any atom is 0.310 e. The van der Waals surface area contributed by atoms with Gasteiger partial charge in [0.25, 0.3) is 11.8 Å². The number of anilines is 1. The third-order valence-corrected chi connectivity index (χ3v) is 5.89. The SMILES string of the molecule is Cc1cccc(C(=O)Nc2ccc(C(=O)NNC(=O)[C@H]3[C@H](C(=O)O)[C@H]4C=C[C@@]3(C)O4)cc2)c1. The van der Waals surface area contributed by atoms with Gasteiger partial charge in [0.05, 0.1) is 17.6 Å². The molecule has 2 heterocycles. The quantitative estimate of drug-likeness (QED) is 0.408. The lowest BCUT2D eigenvalue weighted by atomic mass is 9.76. The predicted octanol–water partition coefficient (Wildman–Crippen LogP) is 2.05. The van der Waals surface area contributed by atoms with Crippen molar-refractivity contribution in [3.8, 4) is 0 Å². The topological polar surface area (TPSA) is 134 Å². The first kappa shape index (κ1) is 22.2. The van der Waals surface area contributed by atoms with E-state index in [1.54, 1.807) is 49.4 Å². The van der Waals surface area contributed by atoms with Crippen molar-refractivity contribution in [3.63, 3.8) is 0 Å². The Morgan fingerprint density at radius 3 is 2.36 bits per heavy atom. The number of rotatable bonds is 5. The van der Waals surface area contributed by atoms with Gasteiger partial charge in [-0.3, -0.25) is 30.0 Å². The van der Waals surface area contributed by atoms with Crippen molar-refractivity contribution in [2.24, 2.45) is 11.8 Å². The van der Waals surface area contributed by atoms with E-state index in [1.165, 1.54) is 12.1 Å². The van der Waals surface area contributed by atoms with Gasteiger partial charge in [0.1, 0.15) is 5.92 Å². The molecule has 2 aromatic carbocycles. The summed E-state index contributed by atoms with van der Waals surface area (Å²) in [6.07, 6.45) is 2.63. The van der Waals surface area contributed by atoms with Gasteiger partial charge in [-0.1, -0.05) is 29.8 Å². The number of carbonyl (C=O) groups is 4. The second-order valence-electron chi connectivity index (χ2n) is 8.31. The highest BCUT2D eigenvalue weighted by atomic mass is 16.5. The first-order chi connectivity index (χ1) is 15.7. The number of carboxylic acid groups (broad SMARTS) is 1. The number of hydrogen-bond donors (Lipinski definition) is 4. The van der Waals surface area contributed by atoms with Crippen LogP contribution >= 0.6 is 0 Å². The zero-order chi connectivity index (χ0) is 23.8. The smallest absolute Gasteiger partial charge is 0.310 e. The van der Waals surface area contributed by atoms with E-state index in [4.69, 9.17) is 4.74 Å².